The maximum absolute atomic E-state index is 4.49. The molecule has 1 aliphatic carbocycles. The van der Waals surface area contributed by atoms with Crippen molar-refractivity contribution in [1.82, 2.24) is 34.1 Å². The van der Waals surface area contributed by atoms with Crippen LogP contribution in [0.1, 0.15) is 43.2 Å². The van der Waals surface area contributed by atoms with Crippen LogP contribution in [-0.4, -0.2) is 60.3 Å². The molecule has 0 N–H and O–H groups in total. The Morgan fingerprint density at radius 3 is 2.29 bits per heavy atom. The quantitative estimate of drug-likeness (QED) is 0.798. The molecule has 1 saturated heterocycles. The van der Waals surface area contributed by atoms with Crippen LogP contribution in [0.3, 0.4) is 0 Å². The molecule has 0 unspecified atom stereocenters. The first-order chi connectivity index (χ1) is 11.7. The zero-order valence-electron chi connectivity index (χ0n) is 14.7. The summed E-state index contributed by atoms with van der Waals surface area (Å²) >= 11 is 0. The van der Waals surface area contributed by atoms with Crippen LogP contribution < -0.4 is 0 Å². The van der Waals surface area contributed by atoms with Crippen molar-refractivity contribution in [2.24, 2.45) is 7.05 Å². The lowest BCUT2D eigenvalue weighted by Crippen LogP contribution is -2.46. The minimum atomic E-state index is 0.662. The number of aromatic nitrogens is 5. The topological polar surface area (TPSA) is 55.0 Å². The fourth-order valence-corrected chi connectivity index (χ4v) is 3.50. The van der Waals surface area contributed by atoms with Gasteiger partial charge in [0.05, 0.1) is 13.1 Å². The molecule has 0 bridgehead atoms. The first-order valence-electron chi connectivity index (χ1n) is 9.07. The van der Waals surface area contributed by atoms with E-state index in [0.29, 0.717) is 5.92 Å². The molecule has 130 valence electrons. The number of piperazine rings is 1. The van der Waals surface area contributed by atoms with E-state index in [4.69, 9.17) is 0 Å². The Balaban J connectivity index is 1.30. The highest BCUT2D eigenvalue weighted by atomic mass is 15.3. The Morgan fingerprint density at radius 1 is 1.00 bits per heavy atom. The van der Waals surface area contributed by atoms with Crippen molar-refractivity contribution in [1.29, 1.82) is 0 Å². The van der Waals surface area contributed by atoms with Gasteiger partial charge in [-0.2, -0.15) is 0 Å². The summed E-state index contributed by atoms with van der Waals surface area (Å²) in [5.41, 5.74) is 0. The maximum Gasteiger partial charge on any atom is 0.146 e. The minimum absolute atomic E-state index is 0.662. The summed E-state index contributed by atoms with van der Waals surface area (Å²) in [5, 5.41) is 8.81. The summed E-state index contributed by atoms with van der Waals surface area (Å²) in [6.45, 7) is 9.35. The van der Waals surface area contributed by atoms with Crippen LogP contribution in [0.4, 0.5) is 0 Å². The second kappa shape index (κ2) is 6.64. The number of hydrogen-bond acceptors (Lipinski definition) is 5. The third kappa shape index (κ3) is 3.23. The van der Waals surface area contributed by atoms with Gasteiger partial charge in [0.2, 0.25) is 0 Å². The van der Waals surface area contributed by atoms with Gasteiger partial charge < -0.3 is 9.13 Å². The van der Waals surface area contributed by atoms with E-state index in [1.165, 1.54) is 24.5 Å². The molecular weight excluding hydrogens is 302 g/mol. The third-order valence-corrected chi connectivity index (χ3v) is 5.28. The fourth-order valence-electron chi connectivity index (χ4n) is 3.50. The van der Waals surface area contributed by atoms with Crippen LogP contribution in [0, 0.1) is 0 Å². The van der Waals surface area contributed by atoms with E-state index < -0.39 is 0 Å². The molecule has 7 heteroatoms. The second-order valence-electron chi connectivity index (χ2n) is 6.99. The Hall–Kier alpha value is -1.73. The minimum Gasteiger partial charge on any atom is -0.334 e. The van der Waals surface area contributed by atoms with Gasteiger partial charge in [0.1, 0.15) is 17.5 Å². The van der Waals surface area contributed by atoms with E-state index in [9.17, 15) is 0 Å². The molecule has 1 saturated carbocycles. The van der Waals surface area contributed by atoms with Crippen molar-refractivity contribution in [3.63, 3.8) is 0 Å². The number of aryl methyl sites for hydroxylation is 1. The first kappa shape index (κ1) is 15.8. The van der Waals surface area contributed by atoms with Crippen molar-refractivity contribution in [3.8, 4) is 0 Å². The number of imidazole rings is 1. The van der Waals surface area contributed by atoms with Crippen molar-refractivity contribution >= 4 is 0 Å². The highest BCUT2D eigenvalue weighted by Gasteiger charge is 2.29. The summed E-state index contributed by atoms with van der Waals surface area (Å²) in [7, 11) is 2.11. The van der Waals surface area contributed by atoms with E-state index >= 15 is 0 Å². The maximum atomic E-state index is 4.49. The van der Waals surface area contributed by atoms with E-state index in [1.54, 1.807) is 0 Å². The molecule has 24 heavy (non-hydrogen) atoms. The smallest absolute Gasteiger partial charge is 0.146 e. The SMILES string of the molecule is CCn1ccnc1CN1CCN(Cc2nnc(C3CC3)n2C)CC1. The summed E-state index contributed by atoms with van der Waals surface area (Å²) in [6, 6.07) is 0. The summed E-state index contributed by atoms with van der Waals surface area (Å²) < 4.78 is 4.44. The van der Waals surface area contributed by atoms with E-state index in [0.717, 1.165) is 51.6 Å². The van der Waals surface area contributed by atoms with E-state index in [1.807, 2.05) is 6.20 Å². The molecule has 0 amide bonds. The molecule has 0 atom stereocenters. The average Bonchev–Trinajstić information content (AvgIpc) is 3.24. The standard InChI is InChI=1S/C17H27N7/c1-3-24-7-6-18-15(24)12-22-8-10-23(11-9-22)13-16-19-20-17(21(16)2)14-4-5-14/h6-7,14H,3-5,8-13H2,1-2H3. The zero-order chi connectivity index (χ0) is 16.5. The van der Waals surface area contributed by atoms with Crippen LogP contribution in [0.2, 0.25) is 0 Å². The van der Waals surface area contributed by atoms with E-state index in [2.05, 4.69) is 54.3 Å². The fraction of sp³-hybridized carbons (Fsp3) is 0.706. The molecule has 7 nitrogen and oxygen atoms in total. The Bertz CT molecular complexity index is 677. The number of hydrogen-bond donors (Lipinski definition) is 0. The Labute approximate surface area is 143 Å². The van der Waals surface area contributed by atoms with Gasteiger partial charge in [0.25, 0.3) is 0 Å². The Kier molecular flexibility index (Phi) is 4.37. The van der Waals surface area contributed by atoms with Crippen LogP contribution in [0.25, 0.3) is 0 Å². The summed E-state index contributed by atoms with van der Waals surface area (Å²) in [4.78, 5) is 9.48. The average molecular weight is 329 g/mol. The molecule has 0 aromatic carbocycles. The number of rotatable bonds is 6. The lowest BCUT2D eigenvalue weighted by Gasteiger charge is -2.34. The van der Waals surface area contributed by atoms with Gasteiger partial charge in [-0.1, -0.05) is 0 Å². The highest BCUT2D eigenvalue weighted by molar-refractivity contribution is 5.07. The van der Waals surface area contributed by atoms with Gasteiger partial charge in [-0.15, -0.1) is 10.2 Å². The third-order valence-electron chi connectivity index (χ3n) is 5.28. The molecule has 0 spiro atoms. The molecule has 2 aromatic heterocycles. The largest absolute Gasteiger partial charge is 0.334 e. The van der Waals surface area contributed by atoms with Gasteiger partial charge in [-0.3, -0.25) is 9.80 Å². The highest BCUT2D eigenvalue weighted by Crippen LogP contribution is 2.38. The molecule has 3 heterocycles. The first-order valence-corrected chi connectivity index (χ1v) is 9.07. The van der Waals surface area contributed by atoms with Crippen LogP contribution >= 0.6 is 0 Å². The molecule has 2 aromatic rings. The lowest BCUT2D eigenvalue weighted by molar-refractivity contribution is 0.116. The van der Waals surface area contributed by atoms with Crippen molar-refractivity contribution in [2.75, 3.05) is 26.2 Å². The van der Waals surface area contributed by atoms with Crippen LogP contribution in [0.15, 0.2) is 12.4 Å². The van der Waals surface area contributed by atoms with Gasteiger partial charge >= 0.3 is 0 Å². The van der Waals surface area contributed by atoms with E-state index in [-0.39, 0.29) is 0 Å². The van der Waals surface area contributed by atoms with Gasteiger partial charge in [-0.25, -0.2) is 4.98 Å². The van der Waals surface area contributed by atoms with Crippen molar-refractivity contribution < 1.29 is 0 Å². The van der Waals surface area contributed by atoms with Crippen LogP contribution in [0.5, 0.6) is 0 Å². The summed E-state index contributed by atoms with van der Waals surface area (Å²) in [6.07, 6.45) is 6.52. The monoisotopic (exact) mass is 329 g/mol. The molecule has 0 radical (unpaired) electrons. The molecule has 4 rings (SSSR count). The summed E-state index contributed by atoms with van der Waals surface area (Å²) in [5.74, 6) is 4.12. The molecule has 2 aliphatic rings. The van der Waals surface area contributed by atoms with Crippen molar-refractivity contribution in [2.45, 2.75) is 45.3 Å². The Morgan fingerprint density at radius 2 is 1.67 bits per heavy atom. The predicted octanol–water partition coefficient (Wildman–Crippen LogP) is 1.23. The van der Waals surface area contributed by atoms with Gasteiger partial charge in [0, 0.05) is 58.1 Å². The van der Waals surface area contributed by atoms with Crippen molar-refractivity contribution in [3.05, 3.63) is 29.9 Å². The predicted molar refractivity (Wildman–Crippen MR) is 91.4 cm³/mol. The lowest BCUT2D eigenvalue weighted by atomic mass is 10.3. The van der Waals surface area contributed by atoms with Gasteiger partial charge in [0.15, 0.2) is 0 Å². The molecule has 2 fully saturated rings. The van der Waals surface area contributed by atoms with Crippen LogP contribution in [-0.2, 0) is 26.7 Å². The van der Waals surface area contributed by atoms with Gasteiger partial charge in [-0.05, 0) is 19.8 Å². The zero-order valence-corrected chi connectivity index (χ0v) is 14.7. The molecule has 1 aliphatic heterocycles. The second-order valence-corrected chi connectivity index (χ2v) is 6.99. The normalized spacial score (nSPS) is 19.9. The molecular formula is C17H27N7. The number of nitrogens with zero attached hydrogens (tertiary/aromatic N) is 7.